The first-order chi connectivity index (χ1) is 25.3. The maximum absolute atomic E-state index is 15.5. The minimum Gasteiger partial charge on any atom is -0.493 e. The van der Waals surface area contributed by atoms with Crippen LogP contribution in [0.15, 0.2) is 94.5 Å². The molecule has 0 unspecified atom stereocenters. The molecule has 14 heteroatoms. The number of hydrogen-bond acceptors (Lipinski definition) is 9. The molecular formula is C38H32BrF2N5O6. The van der Waals surface area contributed by atoms with E-state index in [1.807, 2.05) is 0 Å². The van der Waals surface area contributed by atoms with Crippen molar-refractivity contribution in [3.05, 3.63) is 117 Å². The molecule has 1 aliphatic heterocycles. The van der Waals surface area contributed by atoms with E-state index in [2.05, 4.69) is 36.1 Å². The van der Waals surface area contributed by atoms with Crippen LogP contribution >= 0.6 is 15.9 Å². The average molecular weight is 773 g/mol. The number of aromatic nitrogens is 3. The number of nitrogens with one attached hydrogen (secondary N) is 1. The van der Waals surface area contributed by atoms with Gasteiger partial charge in [-0.25, -0.2) is 13.8 Å². The molecule has 52 heavy (non-hydrogen) atoms. The van der Waals surface area contributed by atoms with Gasteiger partial charge in [-0.1, -0.05) is 15.9 Å². The molecule has 266 valence electrons. The molecule has 3 aromatic heterocycles. The third kappa shape index (κ3) is 7.45. The number of morpholine rings is 1. The Morgan fingerprint density at radius 1 is 0.923 bits per heavy atom. The predicted molar refractivity (Wildman–Crippen MR) is 195 cm³/mol. The SMILES string of the molecule is COc1cc2c(Oc3ccc(NC(=O)c4cc5cccnc5n(-c5ccc(Br)cc5F)c4=O)cc3F)ccnc2cc1OCCCN1CCOCC1. The zero-order valence-corrected chi connectivity index (χ0v) is 29.5. The summed E-state index contributed by atoms with van der Waals surface area (Å²) < 4.78 is 55.1. The predicted octanol–water partition coefficient (Wildman–Crippen LogP) is 7.13. The van der Waals surface area contributed by atoms with Crippen molar-refractivity contribution < 1.29 is 32.5 Å². The smallest absolute Gasteiger partial charge is 0.269 e. The highest BCUT2D eigenvalue weighted by atomic mass is 79.9. The molecule has 3 aromatic carbocycles. The molecule has 7 rings (SSSR count). The molecule has 0 bridgehead atoms. The molecule has 0 saturated carbocycles. The first-order valence-electron chi connectivity index (χ1n) is 16.4. The van der Waals surface area contributed by atoms with Gasteiger partial charge in [-0.3, -0.25) is 24.0 Å². The lowest BCUT2D eigenvalue weighted by Crippen LogP contribution is -2.37. The van der Waals surface area contributed by atoms with Crippen LogP contribution in [0, 0.1) is 11.6 Å². The topological polar surface area (TPSA) is 117 Å². The number of carbonyl (C=O) groups is 1. The number of ether oxygens (including phenoxy) is 4. The summed E-state index contributed by atoms with van der Waals surface area (Å²) in [6.07, 6.45) is 3.84. The zero-order valence-electron chi connectivity index (χ0n) is 27.9. The number of amides is 1. The standard InChI is InChI=1S/C38H32BrF2N5O6/c1-49-34-21-26-30(22-35(34)51-15-3-12-45-13-16-50-17-14-45)42-11-9-32(26)52-33-8-6-25(20-29(33)41)44-37(47)27-18-23-4-2-10-43-36(23)46(38(27)48)31-7-5-24(39)19-28(31)40/h2,4-11,18-22H,3,12-17H2,1H3,(H,44,47). The van der Waals surface area contributed by atoms with Crippen LogP contribution in [0.5, 0.6) is 23.0 Å². The number of pyridine rings is 3. The van der Waals surface area contributed by atoms with Crippen molar-refractivity contribution in [1.82, 2.24) is 19.4 Å². The van der Waals surface area contributed by atoms with Crippen LogP contribution in [0.25, 0.3) is 27.6 Å². The van der Waals surface area contributed by atoms with Gasteiger partial charge in [-0.2, -0.15) is 0 Å². The monoisotopic (exact) mass is 771 g/mol. The van der Waals surface area contributed by atoms with E-state index in [1.54, 1.807) is 42.6 Å². The number of anilines is 1. The summed E-state index contributed by atoms with van der Waals surface area (Å²) in [6.45, 7) is 4.69. The molecule has 6 aromatic rings. The molecule has 1 amide bonds. The number of hydrogen-bond donors (Lipinski definition) is 1. The van der Waals surface area contributed by atoms with E-state index >= 15 is 8.78 Å². The molecule has 1 saturated heterocycles. The summed E-state index contributed by atoms with van der Waals surface area (Å²) in [5.74, 6) is -1.07. The molecule has 0 atom stereocenters. The number of fused-ring (bicyclic) bond motifs is 2. The van der Waals surface area contributed by atoms with Gasteiger partial charge in [0.1, 0.15) is 22.8 Å². The second-order valence-electron chi connectivity index (χ2n) is 11.9. The van der Waals surface area contributed by atoms with Gasteiger partial charge >= 0.3 is 0 Å². The van der Waals surface area contributed by atoms with Crippen LogP contribution in [0.2, 0.25) is 0 Å². The lowest BCUT2D eigenvalue weighted by atomic mass is 10.1. The minimum absolute atomic E-state index is 0.0681. The summed E-state index contributed by atoms with van der Waals surface area (Å²) in [6, 6.07) is 17.8. The lowest BCUT2D eigenvalue weighted by Gasteiger charge is -2.26. The Morgan fingerprint density at radius 2 is 1.77 bits per heavy atom. The van der Waals surface area contributed by atoms with Gasteiger partial charge < -0.3 is 24.3 Å². The average Bonchev–Trinajstić information content (AvgIpc) is 3.15. The summed E-state index contributed by atoms with van der Waals surface area (Å²) >= 11 is 3.22. The first kappa shape index (κ1) is 35.0. The molecule has 1 N–H and O–H groups in total. The normalized spacial score (nSPS) is 13.3. The summed E-state index contributed by atoms with van der Waals surface area (Å²) in [5.41, 5.74) is -0.373. The van der Waals surface area contributed by atoms with E-state index < -0.39 is 23.1 Å². The number of carbonyl (C=O) groups excluding carboxylic acids is 1. The molecule has 0 aliphatic carbocycles. The van der Waals surface area contributed by atoms with Crippen LogP contribution in [0.3, 0.4) is 0 Å². The molecule has 1 aliphatic rings. The van der Waals surface area contributed by atoms with Crippen LogP contribution in [0.1, 0.15) is 16.8 Å². The van der Waals surface area contributed by atoms with Crippen molar-refractivity contribution in [3.8, 4) is 28.7 Å². The summed E-state index contributed by atoms with van der Waals surface area (Å²) in [7, 11) is 1.54. The van der Waals surface area contributed by atoms with Crippen molar-refractivity contribution in [1.29, 1.82) is 0 Å². The maximum Gasteiger partial charge on any atom is 0.269 e. The largest absolute Gasteiger partial charge is 0.493 e. The first-order valence-corrected chi connectivity index (χ1v) is 17.2. The molecule has 1 fully saturated rings. The molecule has 0 spiro atoms. The number of rotatable bonds is 11. The zero-order chi connectivity index (χ0) is 36.2. The second kappa shape index (κ2) is 15.4. The molecule has 4 heterocycles. The summed E-state index contributed by atoms with van der Waals surface area (Å²) in [5, 5.41) is 3.56. The Balaban J connectivity index is 1.09. The van der Waals surface area contributed by atoms with Crippen LogP contribution in [-0.4, -0.2) is 71.9 Å². The minimum atomic E-state index is -0.818. The fraction of sp³-hybridized carbons (Fsp3) is 0.211. The number of halogens is 3. The van der Waals surface area contributed by atoms with Crippen LogP contribution in [0.4, 0.5) is 14.5 Å². The van der Waals surface area contributed by atoms with Gasteiger partial charge in [0.25, 0.3) is 11.5 Å². The van der Waals surface area contributed by atoms with Crippen molar-refractivity contribution >= 4 is 49.5 Å². The number of methoxy groups -OCH3 is 1. The fourth-order valence-corrected chi connectivity index (χ4v) is 6.29. The third-order valence-electron chi connectivity index (χ3n) is 8.53. The van der Waals surface area contributed by atoms with Crippen LogP contribution in [-0.2, 0) is 4.74 Å². The van der Waals surface area contributed by atoms with Crippen molar-refractivity contribution in [3.63, 3.8) is 0 Å². The van der Waals surface area contributed by atoms with E-state index in [-0.39, 0.29) is 28.3 Å². The Morgan fingerprint density at radius 3 is 2.56 bits per heavy atom. The van der Waals surface area contributed by atoms with Crippen molar-refractivity contribution in [2.75, 3.05) is 51.9 Å². The Kier molecular flexibility index (Phi) is 10.4. The van der Waals surface area contributed by atoms with E-state index in [0.29, 0.717) is 44.6 Å². The highest BCUT2D eigenvalue weighted by Crippen LogP contribution is 2.38. The molecular weight excluding hydrogens is 740 g/mol. The van der Waals surface area contributed by atoms with E-state index in [0.717, 1.165) is 49.9 Å². The summed E-state index contributed by atoms with van der Waals surface area (Å²) in [4.78, 5) is 38.1. The quantitative estimate of drug-likeness (QED) is 0.137. The van der Waals surface area contributed by atoms with Gasteiger partial charge in [0, 0.05) is 65.1 Å². The number of benzene rings is 3. The second-order valence-corrected chi connectivity index (χ2v) is 12.8. The lowest BCUT2D eigenvalue weighted by molar-refractivity contribution is 0.0357. The number of nitrogens with zero attached hydrogens (tertiary/aromatic N) is 4. The van der Waals surface area contributed by atoms with Gasteiger partial charge in [0.05, 0.1) is 38.1 Å². The molecule has 0 radical (unpaired) electrons. The Hall–Kier alpha value is -5.44. The maximum atomic E-state index is 15.5. The van der Waals surface area contributed by atoms with E-state index in [9.17, 15) is 9.59 Å². The van der Waals surface area contributed by atoms with Gasteiger partial charge in [-0.05, 0) is 67.1 Å². The van der Waals surface area contributed by atoms with Gasteiger partial charge in [-0.15, -0.1) is 0 Å². The van der Waals surface area contributed by atoms with Crippen molar-refractivity contribution in [2.45, 2.75) is 6.42 Å². The van der Waals surface area contributed by atoms with Gasteiger partial charge in [0.15, 0.2) is 23.1 Å². The highest BCUT2D eigenvalue weighted by Gasteiger charge is 2.21. The highest BCUT2D eigenvalue weighted by molar-refractivity contribution is 9.10. The molecule has 11 nitrogen and oxygen atoms in total. The van der Waals surface area contributed by atoms with E-state index in [4.69, 9.17) is 18.9 Å². The third-order valence-corrected chi connectivity index (χ3v) is 9.03. The fourth-order valence-electron chi connectivity index (χ4n) is 5.95. The van der Waals surface area contributed by atoms with Crippen LogP contribution < -0.4 is 25.1 Å². The van der Waals surface area contributed by atoms with Gasteiger partial charge in [0.2, 0.25) is 0 Å². The Bertz CT molecular complexity index is 2350. The van der Waals surface area contributed by atoms with Crippen molar-refractivity contribution in [2.24, 2.45) is 0 Å². The van der Waals surface area contributed by atoms with E-state index in [1.165, 1.54) is 43.6 Å². The Labute approximate surface area is 304 Å².